The molecule has 0 fully saturated rings. The maximum Gasteiger partial charge on any atom is 0.248 e. The van der Waals surface area contributed by atoms with E-state index in [1.54, 1.807) is 12.1 Å². The van der Waals surface area contributed by atoms with E-state index in [-0.39, 0.29) is 11.3 Å². The summed E-state index contributed by atoms with van der Waals surface area (Å²) in [6.45, 7) is 5.16. The van der Waals surface area contributed by atoms with Crippen molar-refractivity contribution in [3.63, 3.8) is 0 Å². The molecular formula is C23H29N3O3. The Morgan fingerprint density at radius 1 is 1.03 bits per heavy atom. The lowest BCUT2D eigenvalue weighted by Crippen LogP contribution is -2.24. The van der Waals surface area contributed by atoms with Crippen LogP contribution >= 0.6 is 0 Å². The Morgan fingerprint density at radius 3 is 2.62 bits per heavy atom. The van der Waals surface area contributed by atoms with Crippen molar-refractivity contribution in [2.75, 3.05) is 19.6 Å². The fourth-order valence-electron chi connectivity index (χ4n) is 3.45. The predicted octanol–water partition coefficient (Wildman–Crippen LogP) is 2.74. The van der Waals surface area contributed by atoms with Gasteiger partial charge in [0.2, 0.25) is 5.56 Å². The highest BCUT2D eigenvalue weighted by atomic mass is 16.3. The van der Waals surface area contributed by atoms with Crippen LogP contribution in [0.5, 0.6) is 5.75 Å². The molecule has 0 aliphatic carbocycles. The number of pyridine rings is 1. The molecule has 0 radical (unpaired) electrons. The van der Waals surface area contributed by atoms with Crippen LogP contribution in [0.4, 0.5) is 0 Å². The van der Waals surface area contributed by atoms with Gasteiger partial charge in [0.1, 0.15) is 5.75 Å². The van der Waals surface area contributed by atoms with Crippen LogP contribution in [-0.4, -0.2) is 34.8 Å². The Labute approximate surface area is 170 Å². The SMILES string of the molecule is Cc1cccc(CNCCCCNC[C@H](O)c2ccc(O)c3[nH]c(=O)ccc23)c1. The van der Waals surface area contributed by atoms with Crippen LogP contribution in [0.25, 0.3) is 10.9 Å². The standard InChI is InChI=1S/C23H29N3O3/c1-16-5-4-6-17(13-16)14-24-11-2-3-12-25-15-21(28)18-7-9-20(27)23-19(18)8-10-22(29)26-23/h4-10,13,21,24-25,27-28H,2-3,11-12,14-15H2,1H3,(H,26,29)/t21-/m0/s1. The number of aliphatic hydroxyl groups excluding tert-OH is 1. The smallest absolute Gasteiger partial charge is 0.248 e. The van der Waals surface area contributed by atoms with Crippen LogP contribution in [0.1, 0.15) is 35.6 Å². The van der Waals surface area contributed by atoms with Crippen LogP contribution in [0.2, 0.25) is 0 Å². The number of hydrogen-bond acceptors (Lipinski definition) is 5. The van der Waals surface area contributed by atoms with E-state index in [0.29, 0.717) is 23.0 Å². The molecule has 2 aromatic carbocycles. The Balaban J connectivity index is 1.38. The molecule has 0 saturated heterocycles. The number of phenolic OH excluding ortho intramolecular Hbond substituents is 1. The Bertz CT molecular complexity index is 1000. The number of benzene rings is 2. The molecule has 0 saturated carbocycles. The zero-order valence-corrected chi connectivity index (χ0v) is 16.7. The molecule has 1 atom stereocenters. The number of fused-ring (bicyclic) bond motifs is 1. The molecule has 3 rings (SSSR count). The number of rotatable bonds is 10. The molecule has 6 nitrogen and oxygen atoms in total. The van der Waals surface area contributed by atoms with Crippen LogP contribution in [0, 0.1) is 6.92 Å². The summed E-state index contributed by atoms with van der Waals surface area (Å²) in [5.74, 6) is -0.000211. The van der Waals surface area contributed by atoms with E-state index in [9.17, 15) is 15.0 Å². The lowest BCUT2D eigenvalue weighted by atomic mass is 10.0. The average Bonchev–Trinajstić information content (AvgIpc) is 2.70. The third-order valence-electron chi connectivity index (χ3n) is 4.97. The average molecular weight is 396 g/mol. The number of hydrogen-bond donors (Lipinski definition) is 5. The van der Waals surface area contributed by atoms with E-state index in [1.807, 2.05) is 0 Å². The van der Waals surface area contributed by atoms with Gasteiger partial charge in [-0.2, -0.15) is 0 Å². The minimum Gasteiger partial charge on any atom is -0.506 e. The Kier molecular flexibility index (Phi) is 7.41. The molecule has 0 aliphatic rings. The van der Waals surface area contributed by atoms with Crippen LogP contribution < -0.4 is 16.2 Å². The molecule has 0 amide bonds. The molecule has 6 heteroatoms. The molecule has 1 heterocycles. The lowest BCUT2D eigenvalue weighted by Gasteiger charge is -2.15. The second-order valence-electron chi connectivity index (χ2n) is 7.38. The van der Waals surface area contributed by atoms with Gasteiger partial charge in [-0.3, -0.25) is 4.79 Å². The van der Waals surface area contributed by atoms with E-state index in [4.69, 9.17) is 0 Å². The zero-order valence-electron chi connectivity index (χ0n) is 16.7. The van der Waals surface area contributed by atoms with Gasteiger partial charge >= 0.3 is 0 Å². The fraction of sp³-hybridized carbons (Fsp3) is 0.348. The summed E-state index contributed by atoms with van der Waals surface area (Å²) in [5, 5.41) is 27.8. The maximum atomic E-state index is 11.5. The third kappa shape index (κ3) is 5.90. The summed E-state index contributed by atoms with van der Waals surface area (Å²) < 4.78 is 0. The Hall–Kier alpha value is -2.67. The summed E-state index contributed by atoms with van der Waals surface area (Å²) >= 11 is 0. The van der Waals surface area contributed by atoms with E-state index in [0.717, 1.165) is 32.5 Å². The molecule has 0 unspecified atom stereocenters. The number of aryl methyl sites for hydroxylation is 1. The van der Waals surface area contributed by atoms with Crippen molar-refractivity contribution < 1.29 is 10.2 Å². The minimum atomic E-state index is -0.719. The highest BCUT2D eigenvalue weighted by Crippen LogP contribution is 2.28. The molecule has 154 valence electrons. The summed E-state index contributed by atoms with van der Waals surface area (Å²) in [4.78, 5) is 14.1. The van der Waals surface area contributed by atoms with Crippen LogP contribution in [-0.2, 0) is 6.54 Å². The largest absolute Gasteiger partial charge is 0.506 e. The summed E-state index contributed by atoms with van der Waals surface area (Å²) in [7, 11) is 0. The number of aromatic nitrogens is 1. The van der Waals surface area contributed by atoms with Gasteiger partial charge in [0, 0.05) is 24.5 Å². The van der Waals surface area contributed by atoms with Gasteiger partial charge in [0.05, 0.1) is 11.6 Å². The van der Waals surface area contributed by atoms with E-state index in [1.165, 1.54) is 23.3 Å². The van der Waals surface area contributed by atoms with Crippen LogP contribution in [0.3, 0.4) is 0 Å². The molecule has 1 aromatic heterocycles. The van der Waals surface area contributed by atoms with Gasteiger partial charge in [0.15, 0.2) is 0 Å². The first kappa shape index (κ1) is 21.0. The first-order chi connectivity index (χ1) is 14.0. The van der Waals surface area contributed by atoms with Crippen molar-refractivity contribution in [3.8, 4) is 5.75 Å². The van der Waals surface area contributed by atoms with Gasteiger partial charge in [-0.15, -0.1) is 0 Å². The zero-order chi connectivity index (χ0) is 20.6. The lowest BCUT2D eigenvalue weighted by molar-refractivity contribution is 0.176. The van der Waals surface area contributed by atoms with E-state index >= 15 is 0 Å². The first-order valence-corrected chi connectivity index (χ1v) is 10.0. The number of nitrogens with one attached hydrogen (secondary N) is 3. The second-order valence-corrected chi connectivity index (χ2v) is 7.38. The molecular weight excluding hydrogens is 366 g/mol. The quantitative estimate of drug-likeness (QED) is 0.340. The highest BCUT2D eigenvalue weighted by Gasteiger charge is 2.13. The summed E-state index contributed by atoms with van der Waals surface area (Å²) in [6, 6.07) is 14.7. The van der Waals surface area contributed by atoms with Gasteiger partial charge < -0.3 is 25.8 Å². The highest BCUT2D eigenvalue weighted by molar-refractivity contribution is 5.87. The molecule has 0 spiro atoms. The summed E-state index contributed by atoms with van der Waals surface area (Å²) in [6.07, 6.45) is 1.35. The van der Waals surface area contributed by atoms with Crippen molar-refractivity contribution in [1.82, 2.24) is 15.6 Å². The first-order valence-electron chi connectivity index (χ1n) is 10.0. The monoisotopic (exact) mass is 395 g/mol. The van der Waals surface area contributed by atoms with Crippen molar-refractivity contribution in [1.29, 1.82) is 0 Å². The second kappa shape index (κ2) is 10.2. The fourth-order valence-corrected chi connectivity index (χ4v) is 3.45. The van der Waals surface area contributed by atoms with Crippen molar-refractivity contribution in [3.05, 3.63) is 75.6 Å². The predicted molar refractivity (Wildman–Crippen MR) is 116 cm³/mol. The minimum absolute atomic E-state index is 0.000211. The molecule has 0 bridgehead atoms. The number of aromatic amines is 1. The van der Waals surface area contributed by atoms with Crippen molar-refractivity contribution >= 4 is 10.9 Å². The topological polar surface area (TPSA) is 97.4 Å². The number of aliphatic hydroxyl groups is 1. The molecule has 5 N–H and O–H groups in total. The number of aromatic hydroxyl groups is 1. The third-order valence-corrected chi connectivity index (χ3v) is 4.97. The van der Waals surface area contributed by atoms with Gasteiger partial charge in [0.25, 0.3) is 0 Å². The van der Waals surface area contributed by atoms with Gasteiger partial charge in [-0.1, -0.05) is 35.9 Å². The number of phenols is 1. The molecule has 0 aliphatic heterocycles. The number of unbranched alkanes of at least 4 members (excludes halogenated alkanes) is 1. The summed E-state index contributed by atoms with van der Waals surface area (Å²) in [5.41, 5.74) is 3.33. The van der Waals surface area contributed by atoms with E-state index in [2.05, 4.69) is 46.8 Å². The Morgan fingerprint density at radius 2 is 1.83 bits per heavy atom. The van der Waals surface area contributed by atoms with E-state index < -0.39 is 6.10 Å². The van der Waals surface area contributed by atoms with Crippen molar-refractivity contribution in [2.24, 2.45) is 0 Å². The van der Waals surface area contributed by atoms with Crippen LogP contribution in [0.15, 0.2) is 53.3 Å². The van der Waals surface area contributed by atoms with Crippen molar-refractivity contribution in [2.45, 2.75) is 32.4 Å². The van der Waals surface area contributed by atoms with Gasteiger partial charge in [-0.25, -0.2) is 0 Å². The molecule has 29 heavy (non-hydrogen) atoms. The molecule has 3 aromatic rings. The number of H-pyrrole nitrogens is 1. The maximum absolute atomic E-state index is 11.5. The normalized spacial score (nSPS) is 12.3. The van der Waals surface area contributed by atoms with Gasteiger partial charge in [-0.05, 0) is 56.1 Å².